The van der Waals surface area contributed by atoms with Gasteiger partial charge < -0.3 is 5.73 Å². The van der Waals surface area contributed by atoms with Crippen LogP contribution >= 0.6 is 0 Å². The average molecular weight is 195 g/mol. The fourth-order valence-corrected chi connectivity index (χ4v) is 2.49. The summed E-state index contributed by atoms with van der Waals surface area (Å²) in [6.07, 6.45) is 1.33. The molecule has 0 aromatic carbocycles. The second-order valence-electron chi connectivity index (χ2n) is 3.14. The molecule has 0 aliphatic rings. The summed E-state index contributed by atoms with van der Waals surface area (Å²) in [5, 5.41) is 0. The molecule has 5 heteroatoms. The Kier molecular flexibility index (Phi) is 4.16. The molecule has 0 aromatic heterocycles. The zero-order valence-corrected chi connectivity index (χ0v) is 8.39. The van der Waals surface area contributed by atoms with Gasteiger partial charge in [0.25, 0.3) is 10.1 Å². The molecule has 3 N–H and O–H groups in total. The van der Waals surface area contributed by atoms with Crippen LogP contribution in [0.1, 0.15) is 26.7 Å². The zero-order chi connectivity index (χ0) is 9.83. The van der Waals surface area contributed by atoms with Crippen LogP contribution in [0.25, 0.3) is 0 Å². The van der Waals surface area contributed by atoms with Crippen LogP contribution in [-0.4, -0.2) is 25.3 Å². The minimum atomic E-state index is -3.90. The molecule has 0 heterocycles. The molecule has 0 amide bonds. The van der Waals surface area contributed by atoms with Crippen LogP contribution in [0.4, 0.5) is 0 Å². The highest BCUT2D eigenvalue weighted by molar-refractivity contribution is 7.85. The maximum Gasteiger partial charge on any atom is 0.265 e. The van der Waals surface area contributed by atoms with Gasteiger partial charge in [0.2, 0.25) is 0 Å². The lowest BCUT2D eigenvalue weighted by Crippen LogP contribution is -2.36. The van der Waals surface area contributed by atoms with Crippen LogP contribution < -0.4 is 5.73 Å². The quantitative estimate of drug-likeness (QED) is 0.631. The van der Waals surface area contributed by atoms with Crippen LogP contribution in [0.5, 0.6) is 0 Å². The molecule has 4 nitrogen and oxygen atoms in total. The third-order valence-electron chi connectivity index (χ3n) is 2.42. The predicted molar refractivity (Wildman–Crippen MR) is 48.5 cm³/mol. The monoisotopic (exact) mass is 195 g/mol. The van der Waals surface area contributed by atoms with E-state index in [-0.39, 0.29) is 5.75 Å². The second-order valence-corrected chi connectivity index (χ2v) is 4.59. The first-order chi connectivity index (χ1) is 5.39. The number of rotatable bonds is 5. The minimum Gasteiger partial charge on any atom is -0.330 e. The van der Waals surface area contributed by atoms with Crippen LogP contribution in [0.2, 0.25) is 0 Å². The molecule has 0 aromatic rings. The normalized spacial score (nSPS) is 13.3. The van der Waals surface area contributed by atoms with E-state index in [9.17, 15) is 8.42 Å². The van der Waals surface area contributed by atoms with E-state index in [0.717, 1.165) is 0 Å². The van der Waals surface area contributed by atoms with Crippen molar-refractivity contribution in [1.82, 2.24) is 0 Å². The lowest BCUT2D eigenvalue weighted by Gasteiger charge is -2.28. The van der Waals surface area contributed by atoms with E-state index >= 15 is 0 Å². The van der Waals surface area contributed by atoms with E-state index in [4.69, 9.17) is 10.3 Å². The van der Waals surface area contributed by atoms with Gasteiger partial charge in [0.05, 0.1) is 5.75 Å². The highest BCUT2D eigenvalue weighted by Crippen LogP contribution is 2.26. The van der Waals surface area contributed by atoms with E-state index in [0.29, 0.717) is 19.4 Å². The molecule has 0 aliphatic heterocycles. The summed E-state index contributed by atoms with van der Waals surface area (Å²) in [5.74, 6) is -0.233. The van der Waals surface area contributed by atoms with Crippen LogP contribution in [0.15, 0.2) is 0 Å². The maximum absolute atomic E-state index is 10.6. The van der Waals surface area contributed by atoms with Gasteiger partial charge in [0.15, 0.2) is 0 Å². The smallest absolute Gasteiger partial charge is 0.265 e. The van der Waals surface area contributed by atoms with Gasteiger partial charge in [-0.2, -0.15) is 8.42 Å². The van der Waals surface area contributed by atoms with Gasteiger partial charge in [0.1, 0.15) is 0 Å². The third kappa shape index (κ3) is 3.51. The molecule has 0 bridgehead atoms. The van der Waals surface area contributed by atoms with Gasteiger partial charge in [0, 0.05) is 0 Å². The van der Waals surface area contributed by atoms with Crippen LogP contribution in [0.3, 0.4) is 0 Å². The van der Waals surface area contributed by atoms with Gasteiger partial charge in [-0.05, 0) is 24.8 Å². The van der Waals surface area contributed by atoms with E-state index in [1.807, 2.05) is 13.8 Å². The standard InChI is InChI=1S/C7H17NO3S/c1-3-7(4-2,5-8)6-12(9,10)11/h3-6,8H2,1-2H3,(H,9,10,11). The van der Waals surface area contributed by atoms with Gasteiger partial charge in [-0.15, -0.1) is 0 Å². The first-order valence-corrected chi connectivity index (χ1v) is 5.65. The Morgan fingerprint density at radius 3 is 1.83 bits per heavy atom. The van der Waals surface area contributed by atoms with Crippen LogP contribution in [0, 0.1) is 5.41 Å². The molecule has 0 aliphatic carbocycles. The van der Waals surface area contributed by atoms with Gasteiger partial charge >= 0.3 is 0 Å². The molecule has 0 spiro atoms. The van der Waals surface area contributed by atoms with Gasteiger partial charge in [-0.1, -0.05) is 13.8 Å². The SMILES string of the molecule is CCC(CC)(CN)CS(=O)(=O)O. The van der Waals surface area contributed by atoms with Crippen LogP contribution in [-0.2, 0) is 10.1 Å². The van der Waals surface area contributed by atoms with Crippen molar-refractivity contribution < 1.29 is 13.0 Å². The Balaban J connectivity index is 4.52. The van der Waals surface area contributed by atoms with E-state index in [1.54, 1.807) is 0 Å². The van der Waals surface area contributed by atoms with E-state index in [1.165, 1.54) is 0 Å². The van der Waals surface area contributed by atoms with Crippen molar-refractivity contribution >= 4 is 10.1 Å². The zero-order valence-electron chi connectivity index (χ0n) is 7.58. The molecular formula is C7H17NO3S. The molecule has 74 valence electrons. The lowest BCUT2D eigenvalue weighted by atomic mass is 9.85. The summed E-state index contributed by atoms with van der Waals surface area (Å²) in [6.45, 7) is 4.04. The summed E-state index contributed by atoms with van der Waals surface area (Å²) in [5.41, 5.74) is 5.01. The average Bonchev–Trinajstić information content (AvgIpc) is 1.99. The van der Waals surface area contributed by atoms with Crippen molar-refractivity contribution in [3.8, 4) is 0 Å². The molecular weight excluding hydrogens is 178 g/mol. The fraction of sp³-hybridized carbons (Fsp3) is 1.00. The molecule has 0 saturated carbocycles. The summed E-state index contributed by atoms with van der Waals surface area (Å²) in [6, 6.07) is 0. The fourth-order valence-electron chi connectivity index (χ4n) is 1.19. The number of hydrogen-bond donors (Lipinski definition) is 2. The highest BCUT2D eigenvalue weighted by atomic mass is 32.2. The topological polar surface area (TPSA) is 80.4 Å². The maximum atomic E-state index is 10.6. The number of hydrogen-bond acceptors (Lipinski definition) is 3. The first-order valence-electron chi connectivity index (χ1n) is 4.04. The lowest BCUT2D eigenvalue weighted by molar-refractivity contribution is 0.303. The Morgan fingerprint density at radius 2 is 1.75 bits per heavy atom. The van der Waals surface area contributed by atoms with Crippen molar-refractivity contribution in [3.05, 3.63) is 0 Å². The molecule has 0 saturated heterocycles. The Bertz CT molecular complexity index is 211. The minimum absolute atomic E-state index is 0.233. The molecule has 0 radical (unpaired) electrons. The van der Waals surface area contributed by atoms with E-state index in [2.05, 4.69) is 0 Å². The molecule has 0 unspecified atom stereocenters. The predicted octanol–water partition coefficient (Wildman–Crippen LogP) is 0.639. The van der Waals surface area contributed by atoms with Crippen molar-refractivity contribution in [2.24, 2.45) is 11.1 Å². The summed E-state index contributed by atoms with van der Waals surface area (Å²) < 4.78 is 29.9. The first kappa shape index (κ1) is 11.9. The largest absolute Gasteiger partial charge is 0.330 e. The Hall–Kier alpha value is -0.130. The molecule has 0 fully saturated rings. The highest BCUT2D eigenvalue weighted by Gasteiger charge is 2.29. The Morgan fingerprint density at radius 1 is 1.33 bits per heavy atom. The molecule has 0 atom stereocenters. The third-order valence-corrected chi connectivity index (χ3v) is 3.40. The second kappa shape index (κ2) is 4.20. The summed E-state index contributed by atoms with van der Waals surface area (Å²) >= 11 is 0. The summed E-state index contributed by atoms with van der Waals surface area (Å²) in [7, 11) is -3.90. The van der Waals surface area contributed by atoms with Crippen molar-refractivity contribution in [1.29, 1.82) is 0 Å². The van der Waals surface area contributed by atoms with Crippen molar-refractivity contribution in [2.75, 3.05) is 12.3 Å². The summed E-state index contributed by atoms with van der Waals surface area (Å²) in [4.78, 5) is 0. The Labute approximate surface area is 73.9 Å². The van der Waals surface area contributed by atoms with Crippen molar-refractivity contribution in [2.45, 2.75) is 26.7 Å². The van der Waals surface area contributed by atoms with E-state index < -0.39 is 15.5 Å². The van der Waals surface area contributed by atoms with Gasteiger partial charge in [-0.25, -0.2) is 0 Å². The molecule has 12 heavy (non-hydrogen) atoms. The number of nitrogens with two attached hydrogens (primary N) is 1. The molecule has 0 rings (SSSR count). The van der Waals surface area contributed by atoms with Crippen molar-refractivity contribution in [3.63, 3.8) is 0 Å². The van der Waals surface area contributed by atoms with Gasteiger partial charge in [-0.3, -0.25) is 4.55 Å².